The van der Waals surface area contributed by atoms with E-state index in [1.807, 2.05) is 0 Å². The molecule has 0 bridgehead atoms. The number of halogens is 1. The van der Waals surface area contributed by atoms with E-state index in [0.29, 0.717) is 11.5 Å². The molecule has 90 valence electrons. The number of nitrogens with one attached hydrogen (secondary N) is 1. The van der Waals surface area contributed by atoms with Crippen LogP contribution in [0, 0.1) is 5.82 Å². The summed E-state index contributed by atoms with van der Waals surface area (Å²) < 4.78 is 18.6. The highest BCUT2D eigenvalue weighted by Crippen LogP contribution is 2.24. The Hall–Kier alpha value is -2.70. The highest BCUT2D eigenvalue weighted by Gasteiger charge is 2.15. The molecular weight excluding hydrogens is 237 g/mol. The number of anilines is 1. The van der Waals surface area contributed by atoms with Crippen molar-refractivity contribution in [1.29, 1.82) is 0 Å². The average Bonchev–Trinajstić information content (AvgIpc) is 3.00. The van der Waals surface area contributed by atoms with E-state index in [2.05, 4.69) is 20.1 Å². The molecule has 0 saturated heterocycles. The lowest BCUT2D eigenvalue weighted by Crippen LogP contribution is -1.90. The lowest BCUT2D eigenvalue weighted by molar-refractivity contribution is 0.429. The van der Waals surface area contributed by atoms with Crippen LogP contribution in [-0.4, -0.2) is 20.1 Å². The third-order valence-corrected chi connectivity index (χ3v) is 2.36. The fraction of sp³-hybridized carbons (Fsp3) is 0. The standard InChI is InChI=1S/C11H8FN5O/c12-8-2-1-6(13)5-7(8)11-16-10(17-18-11)9-14-3-4-15-9/h1-5H,13H2,(H,14,15). The lowest BCUT2D eigenvalue weighted by atomic mass is 10.2. The first-order valence-electron chi connectivity index (χ1n) is 5.13. The molecule has 7 heteroatoms. The smallest absolute Gasteiger partial charge is 0.261 e. The van der Waals surface area contributed by atoms with Crippen LogP contribution in [0.5, 0.6) is 0 Å². The second kappa shape index (κ2) is 3.95. The van der Waals surface area contributed by atoms with Crippen molar-refractivity contribution >= 4 is 5.69 Å². The van der Waals surface area contributed by atoms with Gasteiger partial charge in [0.05, 0.1) is 5.56 Å². The molecule has 0 atom stereocenters. The average molecular weight is 245 g/mol. The van der Waals surface area contributed by atoms with Gasteiger partial charge in [0.15, 0.2) is 5.82 Å². The summed E-state index contributed by atoms with van der Waals surface area (Å²) in [6.45, 7) is 0. The first-order valence-corrected chi connectivity index (χ1v) is 5.13. The molecule has 0 fully saturated rings. The molecule has 6 nitrogen and oxygen atoms in total. The number of benzene rings is 1. The summed E-state index contributed by atoms with van der Waals surface area (Å²) in [4.78, 5) is 10.9. The molecule has 2 heterocycles. The summed E-state index contributed by atoms with van der Waals surface area (Å²) in [6.07, 6.45) is 3.19. The minimum atomic E-state index is -0.473. The molecular formula is C11H8FN5O. The number of H-pyrrole nitrogens is 1. The van der Waals surface area contributed by atoms with Crippen LogP contribution in [-0.2, 0) is 0 Å². The van der Waals surface area contributed by atoms with Crippen molar-refractivity contribution in [3.8, 4) is 23.1 Å². The van der Waals surface area contributed by atoms with Gasteiger partial charge in [0.1, 0.15) is 5.82 Å². The van der Waals surface area contributed by atoms with Gasteiger partial charge < -0.3 is 15.2 Å². The second-order valence-corrected chi connectivity index (χ2v) is 3.60. The van der Waals surface area contributed by atoms with E-state index in [-0.39, 0.29) is 17.3 Å². The number of hydrogen-bond donors (Lipinski definition) is 2. The van der Waals surface area contributed by atoms with Gasteiger partial charge in [-0.15, -0.1) is 0 Å². The van der Waals surface area contributed by atoms with Crippen LogP contribution in [0.4, 0.5) is 10.1 Å². The van der Waals surface area contributed by atoms with Gasteiger partial charge in [0, 0.05) is 18.1 Å². The first kappa shape index (κ1) is 10.5. The molecule has 3 rings (SSSR count). The Morgan fingerprint density at radius 2 is 2.22 bits per heavy atom. The highest BCUT2D eigenvalue weighted by atomic mass is 19.1. The second-order valence-electron chi connectivity index (χ2n) is 3.60. The van der Waals surface area contributed by atoms with Crippen LogP contribution >= 0.6 is 0 Å². The van der Waals surface area contributed by atoms with E-state index < -0.39 is 5.82 Å². The van der Waals surface area contributed by atoms with Crippen LogP contribution in [0.2, 0.25) is 0 Å². The summed E-state index contributed by atoms with van der Waals surface area (Å²) in [5, 5.41) is 3.72. The molecule has 0 unspecified atom stereocenters. The Morgan fingerprint density at radius 3 is 3.00 bits per heavy atom. The van der Waals surface area contributed by atoms with Gasteiger partial charge in [-0.1, -0.05) is 5.16 Å². The summed E-state index contributed by atoms with van der Waals surface area (Å²) in [7, 11) is 0. The van der Waals surface area contributed by atoms with Crippen molar-refractivity contribution in [2.45, 2.75) is 0 Å². The zero-order valence-electron chi connectivity index (χ0n) is 9.09. The molecule has 0 aliphatic rings. The normalized spacial score (nSPS) is 10.7. The van der Waals surface area contributed by atoms with E-state index in [4.69, 9.17) is 10.3 Å². The quantitative estimate of drug-likeness (QED) is 0.672. The monoisotopic (exact) mass is 245 g/mol. The maximum absolute atomic E-state index is 13.6. The summed E-state index contributed by atoms with van der Waals surface area (Å²) >= 11 is 0. The van der Waals surface area contributed by atoms with Crippen molar-refractivity contribution < 1.29 is 8.91 Å². The zero-order chi connectivity index (χ0) is 12.5. The molecule has 0 radical (unpaired) electrons. The molecule has 0 aliphatic heterocycles. The molecule has 0 amide bonds. The Balaban J connectivity index is 2.05. The third kappa shape index (κ3) is 1.71. The molecule has 0 aliphatic carbocycles. The predicted molar refractivity (Wildman–Crippen MR) is 61.7 cm³/mol. The minimum Gasteiger partial charge on any atom is -0.399 e. The van der Waals surface area contributed by atoms with Gasteiger partial charge >= 0.3 is 0 Å². The number of aromatic nitrogens is 4. The molecule has 0 spiro atoms. The number of nitrogens with zero attached hydrogens (tertiary/aromatic N) is 3. The topological polar surface area (TPSA) is 93.6 Å². The lowest BCUT2D eigenvalue weighted by Gasteiger charge is -1.98. The molecule has 3 aromatic rings. The highest BCUT2D eigenvalue weighted by molar-refractivity contribution is 5.61. The van der Waals surface area contributed by atoms with Crippen molar-refractivity contribution in [3.05, 3.63) is 36.4 Å². The molecule has 1 aromatic carbocycles. The Kier molecular flexibility index (Phi) is 2.30. The number of imidazole rings is 1. The molecule has 3 N–H and O–H groups in total. The van der Waals surface area contributed by atoms with Gasteiger partial charge in [-0.3, -0.25) is 0 Å². The summed E-state index contributed by atoms with van der Waals surface area (Å²) in [5.74, 6) is 0.302. The zero-order valence-corrected chi connectivity index (χ0v) is 9.09. The van der Waals surface area contributed by atoms with E-state index in [9.17, 15) is 4.39 Å². The summed E-state index contributed by atoms with van der Waals surface area (Å²) in [5.41, 5.74) is 6.18. The minimum absolute atomic E-state index is 0.0613. The number of nitrogen functional groups attached to an aromatic ring is 1. The first-order chi connectivity index (χ1) is 8.74. The van der Waals surface area contributed by atoms with E-state index in [1.54, 1.807) is 12.4 Å². The Bertz CT molecular complexity index is 677. The number of aromatic amines is 1. The fourth-order valence-corrected chi connectivity index (χ4v) is 1.52. The largest absolute Gasteiger partial charge is 0.399 e. The SMILES string of the molecule is Nc1ccc(F)c(-c2nc(-c3ncc[nH]3)no2)c1. The van der Waals surface area contributed by atoms with E-state index in [0.717, 1.165) is 0 Å². The number of rotatable bonds is 2. The maximum atomic E-state index is 13.6. The van der Waals surface area contributed by atoms with Gasteiger partial charge in [0.25, 0.3) is 5.89 Å². The third-order valence-electron chi connectivity index (χ3n) is 2.36. The van der Waals surface area contributed by atoms with Crippen molar-refractivity contribution in [2.24, 2.45) is 0 Å². The van der Waals surface area contributed by atoms with Gasteiger partial charge in [-0.05, 0) is 18.2 Å². The van der Waals surface area contributed by atoms with E-state index in [1.165, 1.54) is 18.2 Å². The summed E-state index contributed by atoms with van der Waals surface area (Å²) in [6, 6.07) is 4.15. The molecule has 2 aromatic heterocycles. The van der Waals surface area contributed by atoms with Crippen molar-refractivity contribution in [1.82, 2.24) is 20.1 Å². The Labute approximate surface area is 101 Å². The molecule has 18 heavy (non-hydrogen) atoms. The van der Waals surface area contributed by atoms with Crippen LogP contribution < -0.4 is 5.73 Å². The number of nitrogens with two attached hydrogens (primary N) is 1. The van der Waals surface area contributed by atoms with Crippen molar-refractivity contribution in [2.75, 3.05) is 5.73 Å². The maximum Gasteiger partial charge on any atom is 0.261 e. The van der Waals surface area contributed by atoms with Crippen LogP contribution in [0.1, 0.15) is 0 Å². The van der Waals surface area contributed by atoms with Crippen molar-refractivity contribution in [3.63, 3.8) is 0 Å². The van der Waals surface area contributed by atoms with Crippen LogP contribution in [0.3, 0.4) is 0 Å². The number of hydrogen-bond acceptors (Lipinski definition) is 5. The van der Waals surface area contributed by atoms with Gasteiger partial charge in [0.2, 0.25) is 5.82 Å². The van der Waals surface area contributed by atoms with Crippen LogP contribution in [0.15, 0.2) is 35.1 Å². The Morgan fingerprint density at radius 1 is 1.33 bits per heavy atom. The van der Waals surface area contributed by atoms with E-state index >= 15 is 0 Å². The van der Waals surface area contributed by atoms with Crippen LogP contribution in [0.25, 0.3) is 23.1 Å². The van der Waals surface area contributed by atoms with Gasteiger partial charge in [-0.2, -0.15) is 4.98 Å². The fourth-order valence-electron chi connectivity index (χ4n) is 1.52. The van der Waals surface area contributed by atoms with Gasteiger partial charge in [-0.25, -0.2) is 9.37 Å². The molecule has 0 saturated carbocycles. The predicted octanol–water partition coefficient (Wildman–Crippen LogP) is 1.85.